The first-order chi connectivity index (χ1) is 13.6. The summed E-state index contributed by atoms with van der Waals surface area (Å²) < 4.78 is 5.39. The molecule has 0 radical (unpaired) electrons. The first-order valence-corrected chi connectivity index (χ1v) is 10.5. The maximum absolute atomic E-state index is 12.8. The summed E-state index contributed by atoms with van der Waals surface area (Å²) in [7, 11) is 0. The molecular weight excluding hydrogens is 374 g/mol. The Hall–Kier alpha value is -2.38. The SMILES string of the molecule is Cc1ccc(C(=O)N2CCN(C(=O)c3ccc(N4CCOCC4)cc3)CC2)s1. The van der Waals surface area contributed by atoms with Crippen LogP contribution in [0.4, 0.5) is 5.69 Å². The van der Waals surface area contributed by atoms with Crippen molar-refractivity contribution in [1.29, 1.82) is 0 Å². The summed E-state index contributed by atoms with van der Waals surface area (Å²) in [5, 5.41) is 0. The summed E-state index contributed by atoms with van der Waals surface area (Å²) in [5.41, 5.74) is 1.83. The largest absolute Gasteiger partial charge is 0.378 e. The second kappa shape index (κ2) is 8.32. The number of rotatable bonds is 3. The number of carbonyl (C=O) groups excluding carboxylic acids is 2. The Labute approximate surface area is 169 Å². The molecule has 2 amide bonds. The third kappa shape index (κ3) is 4.05. The minimum Gasteiger partial charge on any atom is -0.378 e. The topological polar surface area (TPSA) is 53.1 Å². The molecule has 2 aliphatic heterocycles. The molecule has 2 aliphatic rings. The molecule has 2 fully saturated rings. The van der Waals surface area contributed by atoms with Crippen molar-refractivity contribution < 1.29 is 14.3 Å². The van der Waals surface area contributed by atoms with Crippen molar-refractivity contribution in [2.24, 2.45) is 0 Å². The summed E-state index contributed by atoms with van der Waals surface area (Å²) in [6.45, 7) is 7.55. The summed E-state index contributed by atoms with van der Waals surface area (Å²) in [4.78, 5) is 33.3. The Morgan fingerprint density at radius 3 is 2.00 bits per heavy atom. The standard InChI is InChI=1S/C21H25N3O3S/c1-16-2-7-19(28-16)21(26)24-10-8-23(9-11-24)20(25)17-3-5-18(6-4-17)22-12-14-27-15-13-22/h2-7H,8-15H2,1H3. The van der Waals surface area contributed by atoms with Gasteiger partial charge in [0.15, 0.2) is 0 Å². The first kappa shape index (κ1) is 19.0. The van der Waals surface area contributed by atoms with Crippen LogP contribution in [0.5, 0.6) is 0 Å². The van der Waals surface area contributed by atoms with Crippen molar-refractivity contribution in [3.05, 3.63) is 51.7 Å². The molecular formula is C21H25N3O3S. The van der Waals surface area contributed by atoms with Crippen LogP contribution in [0.3, 0.4) is 0 Å². The van der Waals surface area contributed by atoms with Gasteiger partial charge in [0.25, 0.3) is 11.8 Å². The normalized spacial score (nSPS) is 17.7. The number of piperazine rings is 1. The van der Waals surface area contributed by atoms with Gasteiger partial charge >= 0.3 is 0 Å². The summed E-state index contributed by atoms with van der Waals surface area (Å²) in [6, 6.07) is 11.7. The number of aryl methyl sites for hydroxylation is 1. The van der Waals surface area contributed by atoms with Gasteiger partial charge in [-0.2, -0.15) is 0 Å². The van der Waals surface area contributed by atoms with E-state index in [0.717, 1.165) is 41.7 Å². The van der Waals surface area contributed by atoms with Crippen LogP contribution in [-0.2, 0) is 4.74 Å². The summed E-state index contributed by atoms with van der Waals surface area (Å²) in [6.07, 6.45) is 0. The van der Waals surface area contributed by atoms with E-state index in [4.69, 9.17) is 4.74 Å². The van der Waals surface area contributed by atoms with Gasteiger partial charge < -0.3 is 19.4 Å². The maximum Gasteiger partial charge on any atom is 0.264 e. The van der Waals surface area contributed by atoms with Gasteiger partial charge in [0.05, 0.1) is 18.1 Å². The Balaban J connectivity index is 1.34. The lowest BCUT2D eigenvalue weighted by atomic mass is 10.1. The van der Waals surface area contributed by atoms with E-state index in [0.29, 0.717) is 31.7 Å². The molecule has 0 spiro atoms. The number of carbonyl (C=O) groups is 2. The fraction of sp³-hybridized carbons (Fsp3) is 0.429. The molecule has 6 nitrogen and oxygen atoms in total. The third-order valence-electron chi connectivity index (χ3n) is 5.30. The molecule has 0 bridgehead atoms. The van der Waals surface area contributed by atoms with Gasteiger partial charge in [-0.3, -0.25) is 9.59 Å². The van der Waals surface area contributed by atoms with E-state index in [1.165, 1.54) is 11.3 Å². The van der Waals surface area contributed by atoms with E-state index >= 15 is 0 Å². The first-order valence-electron chi connectivity index (χ1n) is 9.69. The summed E-state index contributed by atoms with van der Waals surface area (Å²) in [5.74, 6) is 0.104. The number of thiophene rings is 1. The highest BCUT2D eigenvalue weighted by Crippen LogP contribution is 2.20. The molecule has 0 saturated carbocycles. The average Bonchev–Trinajstić information content (AvgIpc) is 3.20. The minimum atomic E-state index is 0.0348. The van der Waals surface area contributed by atoms with Crippen LogP contribution >= 0.6 is 11.3 Å². The average molecular weight is 400 g/mol. The van der Waals surface area contributed by atoms with Crippen LogP contribution in [0.1, 0.15) is 24.9 Å². The van der Waals surface area contributed by atoms with E-state index in [1.54, 1.807) is 0 Å². The van der Waals surface area contributed by atoms with E-state index in [1.807, 2.05) is 53.1 Å². The van der Waals surface area contributed by atoms with Gasteiger partial charge in [-0.05, 0) is 43.3 Å². The lowest BCUT2D eigenvalue weighted by Crippen LogP contribution is -2.50. The Bertz CT molecular complexity index is 835. The van der Waals surface area contributed by atoms with Crippen LogP contribution in [0.2, 0.25) is 0 Å². The van der Waals surface area contributed by atoms with Crippen molar-refractivity contribution in [3.8, 4) is 0 Å². The maximum atomic E-state index is 12.8. The number of hydrogen-bond acceptors (Lipinski definition) is 5. The fourth-order valence-corrected chi connectivity index (χ4v) is 4.47. The number of hydrogen-bond donors (Lipinski definition) is 0. The van der Waals surface area contributed by atoms with E-state index in [-0.39, 0.29) is 11.8 Å². The number of morpholine rings is 1. The van der Waals surface area contributed by atoms with Gasteiger partial charge in [0, 0.05) is 55.4 Å². The zero-order valence-electron chi connectivity index (χ0n) is 16.1. The third-order valence-corrected chi connectivity index (χ3v) is 6.28. The van der Waals surface area contributed by atoms with E-state index in [9.17, 15) is 9.59 Å². The summed E-state index contributed by atoms with van der Waals surface area (Å²) >= 11 is 1.52. The van der Waals surface area contributed by atoms with Gasteiger partial charge in [0.2, 0.25) is 0 Å². The Morgan fingerprint density at radius 2 is 1.43 bits per heavy atom. The van der Waals surface area contributed by atoms with Crippen molar-refractivity contribution in [2.45, 2.75) is 6.92 Å². The predicted octanol–water partition coefficient (Wildman–Crippen LogP) is 2.49. The molecule has 3 heterocycles. The molecule has 4 rings (SSSR count). The highest BCUT2D eigenvalue weighted by molar-refractivity contribution is 7.13. The molecule has 1 aromatic carbocycles. The van der Waals surface area contributed by atoms with Crippen LogP contribution in [0.15, 0.2) is 36.4 Å². The second-order valence-corrected chi connectivity index (χ2v) is 8.43. The van der Waals surface area contributed by atoms with Crippen LogP contribution < -0.4 is 4.90 Å². The lowest BCUT2D eigenvalue weighted by Gasteiger charge is -2.34. The van der Waals surface area contributed by atoms with Gasteiger partial charge in [-0.15, -0.1) is 11.3 Å². The van der Waals surface area contributed by atoms with Crippen molar-refractivity contribution in [2.75, 3.05) is 57.4 Å². The predicted molar refractivity (Wildman–Crippen MR) is 110 cm³/mol. The lowest BCUT2D eigenvalue weighted by molar-refractivity contribution is 0.0538. The van der Waals surface area contributed by atoms with Crippen molar-refractivity contribution >= 4 is 28.8 Å². The number of nitrogens with zero attached hydrogens (tertiary/aromatic N) is 3. The quantitative estimate of drug-likeness (QED) is 0.796. The number of ether oxygens (including phenoxy) is 1. The Morgan fingerprint density at radius 1 is 0.821 bits per heavy atom. The van der Waals surface area contributed by atoms with Gasteiger partial charge in [-0.1, -0.05) is 0 Å². The zero-order chi connectivity index (χ0) is 19.5. The minimum absolute atomic E-state index is 0.0348. The van der Waals surface area contributed by atoms with Crippen LogP contribution in [0, 0.1) is 6.92 Å². The van der Waals surface area contributed by atoms with Crippen molar-refractivity contribution in [1.82, 2.24) is 9.80 Å². The van der Waals surface area contributed by atoms with Crippen molar-refractivity contribution in [3.63, 3.8) is 0 Å². The van der Waals surface area contributed by atoms with Crippen LogP contribution in [-0.4, -0.2) is 74.1 Å². The van der Waals surface area contributed by atoms with E-state index in [2.05, 4.69) is 4.90 Å². The zero-order valence-corrected chi connectivity index (χ0v) is 16.9. The molecule has 0 aliphatic carbocycles. The molecule has 1 aromatic heterocycles. The molecule has 28 heavy (non-hydrogen) atoms. The van der Waals surface area contributed by atoms with Gasteiger partial charge in [-0.25, -0.2) is 0 Å². The second-order valence-electron chi connectivity index (χ2n) is 7.14. The number of amides is 2. The molecule has 0 atom stereocenters. The molecule has 148 valence electrons. The molecule has 7 heteroatoms. The monoisotopic (exact) mass is 399 g/mol. The molecule has 0 N–H and O–H groups in total. The number of anilines is 1. The van der Waals surface area contributed by atoms with Gasteiger partial charge in [0.1, 0.15) is 0 Å². The molecule has 0 unspecified atom stereocenters. The highest BCUT2D eigenvalue weighted by Gasteiger charge is 2.26. The molecule has 2 aromatic rings. The molecule has 2 saturated heterocycles. The Kier molecular flexibility index (Phi) is 5.64. The highest BCUT2D eigenvalue weighted by atomic mass is 32.1. The number of benzene rings is 1. The van der Waals surface area contributed by atoms with Crippen LogP contribution in [0.25, 0.3) is 0 Å². The fourth-order valence-electron chi connectivity index (χ4n) is 3.64. The smallest absolute Gasteiger partial charge is 0.264 e. The van der Waals surface area contributed by atoms with E-state index < -0.39 is 0 Å².